The van der Waals surface area contributed by atoms with Crippen molar-refractivity contribution in [1.29, 1.82) is 0 Å². The largest absolute Gasteiger partial charge is 0.336 e. The Bertz CT molecular complexity index is 346. The first-order valence-electron chi connectivity index (χ1n) is 7.17. The minimum Gasteiger partial charge on any atom is -0.336 e. The molecular weight excluding hydrogens is 222 g/mol. The molecular formula is C15H27N3. The number of aromatic nitrogens is 2. The van der Waals surface area contributed by atoms with Gasteiger partial charge in [-0.25, -0.2) is 4.98 Å². The maximum atomic E-state index is 4.13. The molecule has 0 aliphatic heterocycles. The van der Waals surface area contributed by atoms with Crippen LogP contribution in [-0.4, -0.2) is 21.6 Å². The summed E-state index contributed by atoms with van der Waals surface area (Å²) in [6.45, 7) is 10.3. The van der Waals surface area contributed by atoms with Gasteiger partial charge in [0, 0.05) is 31.0 Å². The van der Waals surface area contributed by atoms with Gasteiger partial charge in [-0.15, -0.1) is 0 Å². The van der Waals surface area contributed by atoms with Crippen molar-refractivity contribution in [2.75, 3.05) is 0 Å². The number of nitrogens with zero attached hydrogens (tertiary/aromatic N) is 2. The Balaban J connectivity index is 1.91. The van der Waals surface area contributed by atoms with Crippen LogP contribution < -0.4 is 5.32 Å². The van der Waals surface area contributed by atoms with Crippen LogP contribution in [0.15, 0.2) is 18.7 Å². The molecule has 0 spiro atoms. The molecule has 1 aromatic heterocycles. The van der Waals surface area contributed by atoms with Gasteiger partial charge >= 0.3 is 0 Å². The summed E-state index contributed by atoms with van der Waals surface area (Å²) in [5.41, 5.74) is 0.266. The Morgan fingerprint density at radius 3 is 2.61 bits per heavy atom. The molecule has 18 heavy (non-hydrogen) atoms. The van der Waals surface area contributed by atoms with E-state index in [0.29, 0.717) is 12.1 Å². The molecule has 0 bridgehead atoms. The number of imidazole rings is 1. The first kappa shape index (κ1) is 13.6. The Hall–Kier alpha value is -0.830. The van der Waals surface area contributed by atoms with Crippen LogP contribution in [0.4, 0.5) is 0 Å². The topological polar surface area (TPSA) is 29.9 Å². The van der Waals surface area contributed by atoms with E-state index in [1.165, 1.54) is 19.3 Å². The minimum atomic E-state index is 0.266. The quantitative estimate of drug-likeness (QED) is 0.839. The zero-order valence-corrected chi connectivity index (χ0v) is 12.2. The van der Waals surface area contributed by atoms with Crippen LogP contribution >= 0.6 is 0 Å². The van der Waals surface area contributed by atoms with Crippen LogP contribution in [0.25, 0.3) is 0 Å². The van der Waals surface area contributed by atoms with Crippen molar-refractivity contribution in [3.63, 3.8) is 0 Å². The highest BCUT2D eigenvalue weighted by Crippen LogP contribution is 2.34. The molecule has 1 aromatic rings. The van der Waals surface area contributed by atoms with Crippen LogP contribution in [0.5, 0.6) is 0 Å². The summed E-state index contributed by atoms with van der Waals surface area (Å²) in [7, 11) is 0. The van der Waals surface area contributed by atoms with E-state index in [9.17, 15) is 0 Å². The SMILES string of the molecule is CC(CC1CC1)NC(Cn1ccnc1)C(C)(C)C. The van der Waals surface area contributed by atoms with Crippen LogP contribution in [0.1, 0.15) is 47.0 Å². The van der Waals surface area contributed by atoms with E-state index in [2.05, 4.69) is 42.6 Å². The highest BCUT2D eigenvalue weighted by molar-refractivity contribution is 4.87. The summed E-state index contributed by atoms with van der Waals surface area (Å²) in [5.74, 6) is 0.987. The van der Waals surface area contributed by atoms with Crippen molar-refractivity contribution in [2.24, 2.45) is 11.3 Å². The predicted octanol–water partition coefficient (Wildman–Crippen LogP) is 3.08. The highest BCUT2D eigenvalue weighted by Gasteiger charge is 2.29. The smallest absolute Gasteiger partial charge is 0.0946 e. The van der Waals surface area contributed by atoms with Crippen LogP contribution in [0.2, 0.25) is 0 Å². The third-order valence-corrected chi connectivity index (χ3v) is 3.87. The molecule has 0 radical (unpaired) electrons. The first-order chi connectivity index (χ1) is 8.45. The van der Waals surface area contributed by atoms with Crippen LogP contribution in [0, 0.1) is 11.3 Å². The summed E-state index contributed by atoms with van der Waals surface area (Å²) < 4.78 is 2.17. The standard InChI is InChI=1S/C15H27N3/c1-12(9-13-5-6-13)17-14(15(2,3)4)10-18-8-7-16-11-18/h7-8,11-14,17H,5-6,9-10H2,1-4H3. The van der Waals surface area contributed by atoms with E-state index in [0.717, 1.165) is 12.5 Å². The third-order valence-electron chi connectivity index (χ3n) is 3.87. The van der Waals surface area contributed by atoms with Crippen molar-refractivity contribution in [2.45, 2.75) is 65.6 Å². The van der Waals surface area contributed by atoms with Crippen molar-refractivity contribution in [3.05, 3.63) is 18.7 Å². The van der Waals surface area contributed by atoms with E-state index in [4.69, 9.17) is 0 Å². The molecule has 0 saturated heterocycles. The lowest BCUT2D eigenvalue weighted by Crippen LogP contribution is -2.47. The van der Waals surface area contributed by atoms with Crippen molar-refractivity contribution in [3.8, 4) is 0 Å². The zero-order chi connectivity index (χ0) is 13.2. The van der Waals surface area contributed by atoms with E-state index in [1.54, 1.807) is 0 Å². The van der Waals surface area contributed by atoms with Gasteiger partial charge in [0.1, 0.15) is 0 Å². The van der Waals surface area contributed by atoms with Gasteiger partial charge in [0.15, 0.2) is 0 Å². The Morgan fingerprint density at radius 1 is 1.39 bits per heavy atom. The molecule has 3 nitrogen and oxygen atoms in total. The summed E-state index contributed by atoms with van der Waals surface area (Å²) in [6, 6.07) is 1.10. The fraction of sp³-hybridized carbons (Fsp3) is 0.800. The monoisotopic (exact) mass is 249 g/mol. The molecule has 2 atom stereocenters. The summed E-state index contributed by atoms with van der Waals surface area (Å²) >= 11 is 0. The molecule has 1 fully saturated rings. The second-order valence-corrected chi connectivity index (χ2v) is 6.92. The molecule has 1 N–H and O–H groups in total. The average molecular weight is 249 g/mol. The molecule has 0 aromatic carbocycles. The Kier molecular flexibility index (Phi) is 4.10. The highest BCUT2D eigenvalue weighted by atomic mass is 15.1. The molecule has 1 heterocycles. The van der Waals surface area contributed by atoms with Gasteiger partial charge in [0.05, 0.1) is 6.33 Å². The molecule has 1 aliphatic rings. The van der Waals surface area contributed by atoms with E-state index < -0.39 is 0 Å². The lowest BCUT2D eigenvalue weighted by Gasteiger charge is -2.34. The van der Waals surface area contributed by atoms with E-state index in [1.807, 2.05) is 18.7 Å². The fourth-order valence-corrected chi connectivity index (χ4v) is 2.45. The van der Waals surface area contributed by atoms with E-state index in [-0.39, 0.29) is 5.41 Å². The van der Waals surface area contributed by atoms with Crippen LogP contribution in [0.3, 0.4) is 0 Å². The number of hydrogen-bond donors (Lipinski definition) is 1. The Morgan fingerprint density at radius 2 is 2.11 bits per heavy atom. The van der Waals surface area contributed by atoms with Crippen molar-refractivity contribution >= 4 is 0 Å². The van der Waals surface area contributed by atoms with Gasteiger partial charge in [-0.2, -0.15) is 0 Å². The van der Waals surface area contributed by atoms with Gasteiger partial charge in [-0.05, 0) is 24.7 Å². The summed E-state index contributed by atoms with van der Waals surface area (Å²) in [5, 5.41) is 3.82. The average Bonchev–Trinajstić information content (AvgIpc) is 2.91. The maximum absolute atomic E-state index is 4.13. The molecule has 1 saturated carbocycles. The normalized spacial score (nSPS) is 19.8. The predicted molar refractivity (Wildman–Crippen MR) is 75.4 cm³/mol. The lowest BCUT2D eigenvalue weighted by atomic mass is 9.86. The molecule has 1 aliphatic carbocycles. The van der Waals surface area contributed by atoms with Gasteiger partial charge in [-0.3, -0.25) is 0 Å². The fourth-order valence-electron chi connectivity index (χ4n) is 2.45. The summed E-state index contributed by atoms with van der Waals surface area (Å²) in [6.07, 6.45) is 10.0. The molecule has 0 amide bonds. The molecule has 3 heteroatoms. The molecule has 2 unspecified atom stereocenters. The van der Waals surface area contributed by atoms with E-state index >= 15 is 0 Å². The number of rotatable bonds is 6. The number of hydrogen-bond acceptors (Lipinski definition) is 2. The van der Waals surface area contributed by atoms with Crippen molar-refractivity contribution < 1.29 is 0 Å². The minimum absolute atomic E-state index is 0.266. The van der Waals surface area contributed by atoms with Gasteiger partial charge < -0.3 is 9.88 Å². The summed E-state index contributed by atoms with van der Waals surface area (Å²) in [4.78, 5) is 4.13. The van der Waals surface area contributed by atoms with Crippen molar-refractivity contribution in [1.82, 2.24) is 14.9 Å². The van der Waals surface area contributed by atoms with Gasteiger partial charge in [0.2, 0.25) is 0 Å². The lowest BCUT2D eigenvalue weighted by molar-refractivity contribution is 0.220. The molecule has 2 rings (SSSR count). The third kappa shape index (κ3) is 4.13. The van der Waals surface area contributed by atoms with Gasteiger partial charge in [0.25, 0.3) is 0 Å². The first-order valence-corrected chi connectivity index (χ1v) is 7.17. The second kappa shape index (κ2) is 5.43. The maximum Gasteiger partial charge on any atom is 0.0946 e. The molecule has 102 valence electrons. The Labute approximate surface area is 111 Å². The van der Waals surface area contributed by atoms with Gasteiger partial charge in [-0.1, -0.05) is 33.6 Å². The van der Waals surface area contributed by atoms with Crippen LogP contribution in [-0.2, 0) is 6.54 Å². The second-order valence-electron chi connectivity index (χ2n) is 6.92. The number of nitrogens with one attached hydrogen (secondary N) is 1. The zero-order valence-electron chi connectivity index (χ0n) is 12.2.